The largest absolute Gasteiger partial charge is 0.348 e. The molecule has 3 rings (SSSR count). The van der Waals surface area contributed by atoms with Gasteiger partial charge in [-0.2, -0.15) is 0 Å². The predicted octanol–water partition coefficient (Wildman–Crippen LogP) is 4.27. The van der Waals surface area contributed by atoms with E-state index in [2.05, 4.69) is 47.0 Å². The van der Waals surface area contributed by atoms with Gasteiger partial charge in [-0.25, -0.2) is 9.37 Å². The van der Waals surface area contributed by atoms with Gasteiger partial charge in [0.2, 0.25) is 0 Å². The number of imidazole rings is 1. The highest BCUT2D eigenvalue weighted by atomic mass is 19.1. The summed E-state index contributed by atoms with van der Waals surface area (Å²) in [5.74, 6) is 0.125. The van der Waals surface area contributed by atoms with Crippen LogP contribution in [0.1, 0.15) is 39.7 Å². The second kappa shape index (κ2) is 6.73. The van der Waals surface area contributed by atoms with Crippen molar-refractivity contribution in [3.63, 3.8) is 0 Å². The van der Waals surface area contributed by atoms with Crippen molar-refractivity contribution in [1.82, 2.24) is 15.0 Å². The van der Waals surface area contributed by atoms with Crippen LogP contribution in [0, 0.1) is 13.8 Å². The number of alkyl halides is 1. The molecule has 0 aliphatic carbocycles. The lowest BCUT2D eigenvalue weighted by Gasteiger charge is -2.19. The third-order valence-corrected chi connectivity index (χ3v) is 4.33. The number of aromatic amines is 1. The molecule has 4 heteroatoms. The summed E-state index contributed by atoms with van der Waals surface area (Å²) in [4.78, 5) is 11.8. The molecule has 118 valence electrons. The molecule has 2 aromatic heterocycles. The van der Waals surface area contributed by atoms with Gasteiger partial charge in [0.25, 0.3) is 0 Å². The molecule has 0 radical (unpaired) electrons. The Morgan fingerprint density at radius 1 is 1.09 bits per heavy atom. The van der Waals surface area contributed by atoms with Crippen LogP contribution in [0.15, 0.2) is 48.9 Å². The smallest absolute Gasteiger partial charge is 0.131 e. The normalized spacial score (nSPS) is 12.3. The van der Waals surface area contributed by atoms with Gasteiger partial charge in [-0.15, -0.1) is 0 Å². The maximum Gasteiger partial charge on any atom is 0.131 e. The Kier molecular flexibility index (Phi) is 4.51. The van der Waals surface area contributed by atoms with E-state index in [-0.39, 0.29) is 5.92 Å². The van der Waals surface area contributed by atoms with Crippen molar-refractivity contribution >= 4 is 0 Å². The number of pyridine rings is 1. The van der Waals surface area contributed by atoms with Crippen LogP contribution in [0.4, 0.5) is 4.39 Å². The molecule has 1 N–H and O–H groups in total. The lowest BCUT2D eigenvalue weighted by Crippen LogP contribution is -2.09. The van der Waals surface area contributed by atoms with Crippen LogP contribution in [-0.2, 0) is 13.1 Å². The van der Waals surface area contributed by atoms with Crippen molar-refractivity contribution in [2.45, 2.75) is 32.9 Å². The van der Waals surface area contributed by atoms with Crippen LogP contribution < -0.4 is 0 Å². The summed E-state index contributed by atoms with van der Waals surface area (Å²) in [6.07, 6.45) is 4.25. The average molecular weight is 309 g/mol. The third-order valence-electron chi connectivity index (χ3n) is 4.33. The van der Waals surface area contributed by atoms with Gasteiger partial charge in [-0.05, 0) is 42.7 Å². The fraction of sp³-hybridized carbons (Fsp3) is 0.263. The molecule has 0 amide bonds. The fourth-order valence-electron chi connectivity index (χ4n) is 2.92. The minimum absolute atomic E-state index is 0.125. The number of H-pyrrole nitrogens is 1. The first kappa shape index (κ1) is 15.4. The van der Waals surface area contributed by atoms with Crippen molar-refractivity contribution in [1.29, 1.82) is 0 Å². The van der Waals surface area contributed by atoms with Gasteiger partial charge >= 0.3 is 0 Å². The minimum Gasteiger partial charge on any atom is -0.348 e. The van der Waals surface area contributed by atoms with E-state index in [1.54, 1.807) is 12.4 Å². The zero-order valence-corrected chi connectivity index (χ0v) is 13.4. The van der Waals surface area contributed by atoms with Crippen LogP contribution in [0.25, 0.3) is 0 Å². The number of aryl methyl sites for hydroxylation is 1. The van der Waals surface area contributed by atoms with Crippen molar-refractivity contribution in [3.8, 4) is 0 Å². The second-order valence-electron chi connectivity index (χ2n) is 5.81. The highest BCUT2D eigenvalue weighted by molar-refractivity contribution is 5.40. The fourth-order valence-corrected chi connectivity index (χ4v) is 2.92. The summed E-state index contributed by atoms with van der Waals surface area (Å²) >= 11 is 0. The number of rotatable bonds is 5. The van der Waals surface area contributed by atoms with E-state index in [0.29, 0.717) is 12.1 Å². The Hall–Kier alpha value is -2.49. The van der Waals surface area contributed by atoms with E-state index in [9.17, 15) is 4.39 Å². The Morgan fingerprint density at radius 2 is 1.87 bits per heavy atom. The standard InChI is InChI=1S/C19H20FN3/c1-13-5-3-8-17(14(13)2)18(19-11-21-12-22-19)9-15-6-4-7-16(10-20)23-15/h3-8,11-12,18H,9-10H2,1-2H3,(H,21,22)/t18-/m1/s1. The molecule has 0 unspecified atom stereocenters. The van der Waals surface area contributed by atoms with Gasteiger partial charge < -0.3 is 4.98 Å². The number of hydrogen-bond acceptors (Lipinski definition) is 2. The topological polar surface area (TPSA) is 41.6 Å². The molecule has 3 aromatic rings. The van der Waals surface area contributed by atoms with Crippen LogP contribution in [-0.4, -0.2) is 15.0 Å². The molecule has 0 spiro atoms. The number of nitrogens with one attached hydrogen (secondary N) is 1. The first-order valence-electron chi connectivity index (χ1n) is 7.74. The van der Waals surface area contributed by atoms with E-state index >= 15 is 0 Å². The molecule has 0 bridgehead atoms. The first-order chi connectivity index (χ1) is 11.2. The van der Waals surface area contributed by atoms with E-state index in [4.69, 9.17) is 0 Å². The summed E-state index contributed by atoms with van der Waals surface area (Å²) < 4.78 is 12.9. The van der Waals surface area contributed by atoms with Crippen molar-refractivity contribution < 1.29 is 4.39 Å². The Bertz CT molecular complexity index is 781. The van der Waals surface area contributed by atoms with Gasteiger partial charge in [0, 0.05) is 29.9 Å². The maximum absolute atomic E-state index is 12.9. The quantitative estimate of drug-likeness (QED) is 0.765. The molecule has 0 fully saturated rings. The average Bonchev–Trinajstić information content (AvgIpc) is 3.10. The van der Waals surface area contributed by atoms with Crippen LogP contribution in [0.2, 0.25) is 0 Å². The van der Waals surface area contributed by atoms with Gasteiger partial charge in [0.05, 0.1) is 12.0 Å². The number of nitrogens with zero attached hydrogens (tertiary/aromatic N) is 2. The highest BCUT2D eigenvalue weighted by Crippen LogP contribution is 2.30. The zero-order chi connectivity index (χ0) is 16.2. The molecular weight excluding hydrogens is 289 g/mol. The highest BCUT2D eigenvalue weighted by Gasteiger charge is 2.19. The summed E-state index contributed by atoms with van der Waals surface area (Å²) in [5, 5.41) is 0. The van der Waals surface area contributed by atoms with E-state index in [1.807, 2.05) is 18.3 Å². The lowest BCUT2D eigenvalue weighted by molar-refractivity contribution is 0.474. The van der Waals surface area contributed by atoms with Gasteiger partial charge in [0.15, 0.2) is 0 Å². The number of hydrogen-bond donors (Lipinski definition) is 1. The summed E-state index contributed by atoms with van der Waals surface area (Å²) in [7, 11) is 0. The third kappa shape index (κ3) is 3.31. The number of aromatic nitrogens is 3. The number of benzene rings is 1. The summed E-state index contributed by atoms with van der Waals surface area (Å²) in [6, 6.07) is 11.9. The van der Waals surface area contributed by atoms with E-state index < -0.39 is 6.67 Å². The van der Waals surface area contributed by atoms with Crippen LogP contribution in [0.5, 0.6) is 0 Å². The van der Waals surface area contributed by atoms with Gasteiger partial charge in [0.1, 0.15) is 6.67 Å². The molecule has 0 saturated heterocycles. The molecule has 0 saturated carbocycles. The number of halogens is 1. The molecule has 0 aliphatic rings. The SMILES string of the molecule is Cc1cccc([C@@H](Cc2cccc(CF)n2)c2cnc[nH]2)c1C. The second-order valence-corrected chi connectivity index (χ2v) is 5.81. The Morgan fingerprint density at radius 3 is 2.61 bits per heavy atom. The van der Waals surface area contributed by atoms with Crippen LogP contribution in [0.3, 0.4) is 0 Å². The first-order valence-corrected chi connectivity index (χ1v) is 7.74. The van der Waals surface area contributed by atoms with Gasteiger partial charge in [-0.3, -0.25) is 4.98 Å². The van der Waals surface area contributed by atoms with Gasteiger partial charge in [-0.1, -0.05) is 24.3 Å². The molecule has 1 aromatic carbocycles. The van der Waals surface area contributed by atoms with E-state index in [1.165, 1.54) is 16.7 Å². The summed E-state index contributed by atoms with van der Waals surface area (Å²) in [5.41, 5.74) is 6.20. The van der Waals surface area contributed by atoms with Crippen LogP contribution >= 0.6 is 0 Å². The predicted molar refractivity (Wildman–Crippen MR) is 89.1 cm³/mol. The lowest BCUT2D eigenvalue weighted by atomic mass is 9.87. The molecule has 0 aliphatic heterocycles. The molecule has 2 heterocycles. The molecule has 3 nitrogen and oxygen atoms in total. The summed E-state index contributed by atoms with van der Waals surface area (Å²) in [6.45, 7) is 3.72. The maximum atomic E-state index is 12.9. The molecule has 1 atom stereocenters. The molecular formula is C19H20FN3. The zero-order valence-electron chi connectivity index (χ0n) is 13.4. The van der Waals surface area contributed by atoms with Crippen molar-refractivity contribution in [3.05, 3.63) is 82.7 Å². The minimum atomic E-state index is -0.536. The Labute approximate surface area is 135 Å². The van der Waals surface area contributed by atoms with Crippen molar-refractivity contribution in [2.75, 3.05) is 0 Å². The van der Waals surface area contributed by atoms with Crippen molar-refractivity contribution in [2.24, 2.45) is 0 Å². The monoisotopic (exact) mass is 309 g/mol. The van der Waals surface area contributed by atoms with E-state index in [0.717, 1.165) is 11.4 Å². The Balaban J connectivity index is 2.01. The molecule has 23 heavy (non-hydrogen) atoms.